The average molecular weight is 413 g/mol. The largest absolute Gasteiger partial charge is 0.497 e. The van der Waals surface area contributed by atoms with Crippen LogP contribution in [0.1, 0.15) is 44.7 Å². The summed E-state index contributed by atoms with van der Waals surface area (Å²) in [6.07, 6.45) is 5.55. The molecule has 4 heteroatoms. The molecular weight excluding hydrogens is 376 g/mol. The Labute approximate surface area is 181 Å². The highest BCUT2D eigenvalue weighted by Gasteiger charge is 2.30. The van der Waals surface area contributed by atoms with Crippen molar-refractivity contribution in [3.8, 4) is 5.75 Å². The minimum atomic E-state index is -0.237. The maximum atomic E-state index is 9.24. The lowest BCUT2D eigenvalue weighted by atomic mass is 9.82. The van der Waals surface area contributed by atoms with Gasteiger partial charge >= 0.3 is 0 Å². The molecular formula is C26H36O4. The van der Waals surface area contributed by atoms with Crippen molar-refractivity contribution >= 4 is 0 Å². The Hall–Kier alpha value is -2.14. The number of hydrogen-bond donors (Lipinski definition) is 1. The van der Waals surface area contributed by atoms with Gasteiger partial charge in [0.15, 0.2) is 0 Å². The van der Waals surface area contributed by atoms with Crippen LogP contribution in [-0.4, -0.2) is 31.0 Å². The Balaban J connectivity index is 2.05. The van der Waals surface area contributed by atoms with Crippen LogP contribution in [0.25, 0.3) is 0 Å². The van der Waals surface area contributed by atoms with Crippen molar-refractivity contribution in [1.29, 1.82) is 0 Å². The normalized spacial score (nSPS) is 14.0. The third-order valence-electron chi connectivity index (χ3n) is 5.35. The summed E-state index contributed by atoms with van der Waals surface area (Å²) >= 11 is 0. The second kappa shape index (κ2) is 12.5. The first kappa shape index (κ1) is 24.1. The summed E-state index contributed by atoms with van der Waals surface area (Å²) < 4.78 is 17.8. The van der Waals surface area contributed by atoms with E-state index in [1.807, 2.05) is 48.5 Å². The van der Waals surface area contributed by atoms with Gasteiger partial charge in [-0.1, -0.05) is 75.4 Å². The quantitative estimate of drug-likeness (QED) is 0.439. The van der Waals surface area contributed by atoms with Crippen molar-refractivity contribution in [2.75, 3.05) is 13.7 Å². The van der Waals surface area contributed by atoms with E-state index in [-0.39, 0.29) is 24.2 Å². The Morgan fingerprint density at radius 1 is 0.933 bits per heavy atom. The van der Waals surface area contributed by atoms with Crippen molar-refractivity contribution in [3.05, 3.63) is 77.9 Å². The second-order valence-electron chi connectivity index (χ2n) is 8.12. The van der Waals surface area contributed by atoms with Gasteiger partial charge in [0.1, 0.15) is 5.75 Å². The summed E-state index contributed by atoms with van der Waals surface area (Å²) in [5.41, 5.74) is 2.03. The summed E-state index contributed by atoms with van der Waals surface area (Å²) in [6.45, 7) is 7.56. The molecule has 0 fully saturated rings. The van der Waals surface area contributed by atoms with Gasteiger partial charge in [-0.15, -0.1) is 0 Å². The smallest absolute Gasteiger partial charge is 0.118 e. The Morgan fingerprint density at radius 3 is 2.17 bits per heavy atom. The summed E-state index contributed by atoms with van der Waals surface area (Å²) in [5.74, 6) is 0.835. The zero-order chi connectivity index (χ0) is 21.8. The molecule has 0 aromatic heterocycles. The second-order valence-corrected chi connectivity index (χ2v) is 8.12. The zero-order valence-corrected chi connectivity index (χ0v) is 18.7. The molecule has 1 N–H and O–H groups in total. The summed E-state index contributed by atoms with van der Waals surface area (Å²) in [4.78, 5) is 0. The standard InChI is InChI=1S/C26H36O4/c1-5-23(29-19-21-10-7-6-8-11-21)18-25(26(2,3)16-9-17-27)30-20-22-12-14-24(28-4)15-13-22/h6-16,23,25,27H,5,17-20H2,1-4H3/b16-9+/t23-,25+/m0/s1. The number of methoxy groups -OCH3 is 1. The van der Waals surface area contributed by atoms with Crippen LogP contribution >= 0.6 is 0 Å². The predicted octanol–water partition coefficient (Wildman–Crippen LogP) is 5.54. The number of ether oxygens (including phenoxy) is 3. The van der Waals surface area contributed by atoms with Gasteiger partial charge in [0.25, 0.3) is 0 Å². The minimum absolute atomic E-state index is 0.0242. The Bertz CT molecular complexity index is 737. The van der Waals surface area contributed by atoms with Gasteiger partial charge in [-0.3, -0.25) is 0 Å². The van der Waals surface area contributed by atoms with Gasteiger partial charge in [-0.25, -0.2) is 0 Å². The molecule has 0 amide bonds. The molecule has 2 rings (SSSR count). The van der Waals surface area contributed by atoms with Crippen LogP contribution in [0, 0.1) is 5.41 Å². The highest BCUT2D eigenvalue weighted by Crippen LogP contribution is 2.31. The van der Waals surface area contributed by atoms with E-state index in [0.717, 1.165) is 24.2 Å². The van der Waals surface area contributed by atoms with E-state index in [2.05, 4.69) is 32.9 Å². The Morgan fingerprint density at radius 2 is 1.57 bits per heavy atom. The highest BCUT2D eigenvalue weighted by atomic mass is 16.5. The SMILES string of the molecule is CC[C@@H](C[C@@H](OCc1ccc(OC)cc1)C(C)(C)/C=C/CO)OCc1ccccc1. The van der Waals surface area contributed by atoms with Crippen molar-refractivity contribution in [3.63, 3.8) is 0 Å². The fraction of sp³-hybridized carbons (Fsp3) is 0.462. The van der Waals surface area contributed by atoms with Crippen LogP contribution in [0.2, 0.25) is 0 Å². The lowest BCUT2D eigenvalue weighted by molar-refractivity contribution is -0.0649. The van der Waals surface area contributed by atoms with E-state index in [9.17, 15) is 5.11 Å². The first-order valence-corrected chi connectivity index (χ1v) is 10.7. The van der Waals surface area contributed by atoms with Crippen LogP contribution in [0.5, 0.6) is 5.75 Å². The summed E-state index contributed by atoms with van der Waals surface area (Å²) in [6, 6.07) is 18.2. The number of hydrogen-bond acceptors (Lipinski definition) is 4. The van der Waals surface area contributed by atoms with Crippen molar-refractivity contribution in [2.24, 2.45) is 5.41 Å². The topological polar surface area (TPSA) is 47.9 Å². The molecule has 0 spiro atoms. The van der Waals surface area contributed by atoms with Crippen LogP contribution in [0.15, 0.2) is 66.7 Å². The molecule has 0 bridgehead atoms. The molecule has 30 heavy (non-hydrogen) atoms. The molecule has 0 aliphatic heterocycles. The molecule has 2 atom stereocenters. The fourth-order valence-electron chi connectivity index (χ4n) is 3.35. The molecule has 0 aliphatic carbocycles. The monoisotopic (exact) mass is 412 g/mol. The molecule has 0 radical (unpaired) electrons. The maximum Gasteiger partial charge on any atom is 0.118 e. The van der Waals surface area contributed by atoms with Gasteiger partial charge in [-0.05, 0) is 29.7 Å². The molecule has 0 unspecified atom stereocenters. The minimum Gasteiger partial charge on any atom is -0.497 e. The number of aliphatic hydroxyl groups excluding tert-OH is 1. The molecule has 164 valence electrons. The first-order valence-electron chi connectivity index (χ1n) is 10.7. The van der Waals surface area contributed by atoms with E-state index in [1.165, 1.54) is 5.56 Å². The van der Waals surface area contributed by atoms with Crippen LogP contribution in [0.3, 0.4) is 0 Å². The van der Waals surface area contributed by atoms with Crippen LogP contribution in [-0.2, 0) is 22.7 Å². The fourth-order valence-corrected chi connectivity index (χ4v) is 3.35. The zero-order valence-electron chi connectivity index (χ0n) is 18.7. The van der Waals surface area contributed by atoms with Crippen LogP contribution < -0.4 is 4.74 Å². The van der Waals surface area contributed by atoms with Gasteiger partial charge in [0.2, 0.25) is 0 Å². The average Bonchev–Trinajstić information content (AvgIpc) is 2.78. The molecule has 0 saturated carbocycles. The van der Waals surface area contributed by atoms with Crippen LogP contribution in [0.4, 0.5) is 0 Å². The number of aliphatic hydroxyl groups is 1. The van der Waals surface area contributed by atoms with Gasteiger partial charge in [0, 0.05) is 11.8 Å². The van der Waals surface area contributed by atoms with Gasteiger partial charge < -0.3 is 19.3 Å². The molecule has 2 aromatic rings. The van der Waals surface area contributed by atoms with E-state index >= 15 is 0 Å². The lowest BCUT2D eigenvalue weighted by Gasteiger charge is -2.34. The summed E-state index contributed by atoms with van der Waals surface area (Å²) in [5, 5.41) is 9.24. The maximum absolute atomic E-state index is 9.24. The van der Waals surface area contributed by atoms with E-state index in [4.69, 9.17) is 14.2 Å². The summed E-state index contributed by atoms with van der Waals surface area (Å²) in [7, 11) is 1.66. The predicted molar refractivity (Wildman–Crippen MR) is 122 cm³/mol. The number of rotatable bonds is 13. The highest BCUT2D eigenvalue weighted by molar-refractivity contribution is 5.26. The number of benzene rings is 2. The van der Waals surface area contributed by atoms with E-state index in [1.54, 1.807) is 13.2 Å². The van der Waals surface area contributed by atoms with Crippen molar-refractivity contribution < 1.29 is 19.3 Å². The van der Waals surface area contributed by atoms with Crippen molar-refractivity contribution in [1.82, 2.24) is 0 Å². The third kappa shape index (κ3) is 7.94. The molecule has 2 aromatic carbocycles. The molecule has 0 saturated heterocycles. The van der Waals surface area contributed by atoms with Gasteiger partial charge in [-0.2, -0.15) is 0 Å². The van der Waals surface area contributed by atoms with Gasteiger partial charge in [0.05, 0.1) is 39.1 Å². The first-order chi connectivity index (χ1) is 14.5. The lowest BCUT2D eigenvalue weighted by Crippen LogP contribution is -2.34. The van der Waals surface area contributed by atoms with E-state index < -0.39 is 0 Å². The van der Waals surface area contributed by atoms with E-state index in [0.29, 0.717) is 13.2 Å². The molecule has 0 aliphatic rings. The Kier molecular flexibility index (Phi) is 10.1. The molecule has 4 nitrogen and oxygen atoms in total. The third-order valence-corrected chi connectivity index (χ3v) is 5.35. The molecule has 0 heterocycles. The van der Waals surface area contributed by atoms with Crippen molar-refractivity contribution in [2.45, 2.75) is 59.0 Å².